The van der Waals surface area contributed by atoms with Crippen LogP contribution < -0.4 is 20.6 Å². The molecule has 4 heteroatoms. The molecule has 3 nitrogen and oxygen atoms in total. The van der Waals surface area contributed by atoms with Crippen LogP contribution >= 0.6 is 0 Å². The molecule has 0 bridgehead atoms. The Morgan fingerprint density at radius 2 is 1.16 bits per heavy atom. The molecule has 62 heavy (non-hydrogen) atoms. The Labute approximate surface area is 366 Å². The molecular formula is C58H51BN2O. The molecular weight excluding hydrogens is 751 g/mol. The first-order valence-corrected chi connectivity index (χ1v) is 22.0. The van der Waals surface area contributed by atoms with Gasteiger partial charge in [-0.25, -0.2) is 0 Å². The van der Waals surface area contributed by atoms with Crippen LogP contribution in [0.15, 0.2) is 168 Å². The summed E-state index contributed by atoms with van der Waals surface area (Å²) >= 11 is 0. The number of fused-ring (bicyclic) bond motifs is 8. The van der Waals surface area contributed by atoms with Gasteiger partial charge >= 0.3 is 6.85 Å². The molecule has 2 aliphatic heterocycles. The van der Waals surface area contributed by atoms with E-state index in [1.807, 2.05) is 0 Å². The van der Waals surface area contributed by atoms with Gasteiger partial charge in [0.1, 0.15) is 5.58 Å². The average Bonchev–Trinajstić information content (AvgIpc) is 3.65. The number of hydrogen-bond donors (Lipinski definition) is 0. The second-order valence-electron chi connectivity index (χ2n) is 19.5. The lowest BCUT2D eigenvalue weighted by molar-refractivity contribution is 0.590. The van der Waals surface area contributed by atoms with Crippen LogP contribution in [0, 0.1) is 13.8 Å². The Morgan fingerprint density at radius 3 is 1.90 bits per heavy atom. The molecule has 0 N–H and O–H groups in total. The van der Waals surface area contributed by atoms with Gasteiger partial charge in [0, 0.05) is 39.0 Å². The van der Waals surface area contributed by atoms with Gasteiger partial charge in [0.25, 0.3) is 0 Å². The van der Waals surface area contributed by atoms with Crippen LogP contribution in [0.1, 0.15) is 63.8 Å². The van der Waals surface area contributed by atoms with Crippen molar-refractivity contribution >= 4 is 68.1 Å². The van der Waals surface area contributed by atoms with E-state index in [4.69, 9.17) is 4.42 Å². The number of furan rings is 1. The molecule has 2 aliphatic rings. The summed E-state index contributed by atoms with van der Waals surface area (Å²) < 4.78 is 7.14. The first-order chi connectivity index (χ1) is 29.9. The summed E-state index contributed by atoms with van der Waals surface area (Å²) in [7, 11) is 0. The van der Waals surface area contributed by atoms with E-state index in [1.54, 1.807) is 0 Å². The third-order valence-electron chi connectivity index (χ3n) is 13.4. The molecule has 1 aromatic heterocycles. The number of benzene rings is 8. The summed E-state index contributed by atoms with van der Waals surface area (Å²) in [5, 5.41) is 2.24. The normalized spacial score (nSPS) is 13.4. The van der Waals surface area contributed by atoms with Crippen molar-refractivity contribution in [2.24, 2.45) is 0 Å². The zero-order chi connectivity index (χ0) is 42.7. The lowest BCUT2D eigenvalue weighted by Crippen LogP contribution is -2.61. The number of aryl methyl sites for hydroxylation is 2. The van der Waals surface area contributed by atoms with Gasteiger partial charge in [-0.15, -0.1) is 0 Å². The van der Waals surface area contributed by atoms with Gasteiger partial charge in [0.05, 0.1) is 11.4 Å². The van der Waals surface area contributed by atoms with Gasteiger partial charge in [0.2, 0.25) is 0 Å². The summed E-state index contributed by atoms with van der Waals surface area (Å²) in [6.45, 7) is 18.1. The van der Waals surface area contributed by atoms with Crippen molar-refractivity contribution in [1.82, 2.24) is 0 Å². The molecule has 0 fully saturated rings. The van der Waals surface area contributed by atoms with Crippen molar-refractivity contribution in [1.29, 1.82) is 0 Å². The standard InChI is InChI=1S/C58H51BN2O/c1-36-17-16-18-37(2)53(36)39-33-47-43-21-12-14-23-50(43)61(42-28-25-40(26-29-42)57(3,4)5)59-48-31-30-45-44-22-13-15-24-52(44)62-56(45)55(48)60(51(34-39)54(47)59)49-32-27-41(58(6,7)8)35-46(49)38-19-10-9-11-20-38/h9-35H,1-8H3. The summed E-state index contributed by atoms with van der Waals surface area (Å²) in [5.41, 5.74) is 22.5. The van der Waals surface area contributed by atoms with Gasteiger partial charge in [-0.2, -0.15) is 0 Å². The van der Waals surface area contributed by atoms with Crippen molar-refractivity contribution < 1.29 is 4.42 Å². The Bertz CT molecular complexity index is 3220. The van der Waals surface area contributed by atoms with E-state index >= 15 is 0 Å². The van der Waals surface area contributed by atoms with E-state index < -0.39 is 0 Å². The smallest absolute Gasteiger partial charge is 0.333 e. The van der Waals surface area contributed by atoms with Gasteiger partial charge in [-0.3, -0.25) is 0 Å². The second-order valence-corrected chi connectivity index (χ2v) is 19.5. The Kier molecular flexibility index (Phi) is 8.54. The van der Waals surface area contributed by atoms with Crippen LogP contribution in [0.2, 0.25) is 0 Å². The molecule has 0 atom stereocenters. The third-order valence-corrected chi connectivity index (χ3v) is 13.4. The molecule has 9 aromatic rings. The molecule has 11 rings (SSSR count). The van der Waals surface area contributed by atoms with Crippen molar-refractivity contribution in [2.75, 3.05) is 9.71 Å². The minimum atomic E-state index is -0.153. The summed E-state index contributed by atoms with van der Waals surface area (Å²) in [6, 6.07) is 61.2. The quantitative estimate of drug-likeness (QED) is 0.165. The van der Waals surface area contributed by atoms with E-state index in [9.17, 15) is 0 Å². The van der Waals surface area contributed by atoms with E-state index in [-0.39, 0.29) is 17.7 Å². The zero-order valence-electron chi connectivity index (χ0n) is 37.0. The van der Waals surface area contributed by atoms with Crippen LogP contribution in [-0.4, -0.2) is 6.85 Å². The highest BCUT2D eigenvalue weighted by atomic mass is 16.3. The molecule has 0 spiro atoms. The van der Waals surface area contributed by atoms with Gasteiger partial charge < -0.3 is 14.1 Å². The largest absolute Gasteiger partial charge is 0.454 e. The Hall–Kier alpha value is -6.78. The third kappa shape index (κ3) is 5.87. The fourth-order valence-electron chi connectivity index (χ4n) is 10.3. The monoisotopic (exact) mass is 802 g/mol. The van der Waals surface area contributed by atoms with Gasteiger partial charge in [-0.05, 0) is 129 Å². The van der Waals surface area contributed by atoms with Crippen molar-refractivity contribution in [3.05, 3.63) is 186 Å². The topological polar surface area (TPSA) is 19.6 Å². The number of anilines is 5. The van der Waals surface area contributed by atoms with Crippen molar-refractivity contribution in [3.63, 3.8) is 0 Å². The summed E-state index contributed by atoms with van der Waals surface area (Å²) in [6.07, 6.45) is 0. The van der Waals surface area contributed by atoms with Crippen LogP contribution in [0.5, 0.6) is 0 Å². The van der Waals surface area contributed by atoms with Crippen LogP contribution in [0.3, 0.4) is 0 Å². The lowest BCUT2D eigenvalue weighted by atomic mass is 9.43. The van der Waals surface area contributed by atoms with Gasteiger partial charge in [-0.1, -0.05) is 157 Å². The number of rotatable bonds is 4. The minimum Gasteiger partial charge on any atom is -0.454 e. The predicted octanol–water partition coefficient (Wildman–Crippen LogP) is 14.8. The summed E-state index contributed by atoms with van der Waals surface area (Å²) in [5.74, 6) is 0. The predicted molar refractivity (Wildman–Crippen MR) is 265 cm³/mol. The molecule has 302 valence electrons. The van der Waals surface area contributed by atoms with E-state index in [0.29, 0.717) is 0 Å². The molecule has 0 amide bonds. The maximum atomic E-state index is 7.14. The Balaban J connectivity index is 1.31. The lowest BCUT2D eigenvalue weighted by Gasteiger charge is -2.46. The fraction of sp³-hybridized carbons (Fsp3) is 0.172. The highest BCUT2D eigenvalue weighted by Crippen LogP contribution is 2.52. The van der Waals surface area contributed by atoms with E-state index in [0.717, 1.165) is 44.7 Å². The van der Waals surface area contributed by atoms with Crippen LogP contribution in [0.25, 0.3) is 55.3 Å². The van der Waals surface area contributed by atoms with E-state index in [2.05, 4.69) is 229 Å². The molecule has 0 radical (unpaired) electrons. The van der Waals surface area contributed by atoms with E-state index in [1.165, 1.54) is 72.2 Å². The first-order valence-electron chi connectivity index (χ1n) is 22.0. The molecule has 0 saturated heterocycles. The molecule has 0 aliphatic carbocycles. The second kappa shape index (κ2) is 13.9. The van der Waals surface area contributed by atoms with Crippen molar-refractivity contribution in [2.45, 2.75) is 66.2 Å². The fourth-order valence-corrected chi connectivity index (χ4v) is 10.3. The highest BCUT2D eigenvalue weighted by molar-refractivity contribution is 6.94. The van der Waals surface area contributed by atoms with Crippen LogP contribution in [0.4, 0.5) is 28.4 Å². The Morgan fingerprint density at radius 1 is 0.484 bits per heavy atom. The summed E-state index contributed by atoms with van der Waals surface area (Å²) in [4.78, 5) is 5.16. The molecule has 0 unspecified atom stereocenters. The van der Waals surface area contributed by atoms with Crippen LogP contribution in [-0.2, 0) is 10.8 Å². The zero-order valence-corrected chi connectivity index (χ0v) is 37.0. The maximum Gasteiger partial charge on any atom is 0.333 e. The number of hydrogen-bond acceptors (Lipinski definition) is 3. The number of nitrogens with zero attached hydrogens (tertiary/aromatic N) is 2. The highest BCUT2D eigenvalue weighted by Gasteiger charge is 2.47. The first kappa shape index (κ1) is 38.2. The molecule has 3 heterocycles. The van der Waals surface area contributed by atoms with Crippen molar-refractivity contribution in [3.8, 4) is 33.4 Å². The maximum absolute atomic E-state index is 7.14. The SMILES string of the molecule is Cc1cccc(C)c1-c1cc2c3c(c1)N(c1ccc(C(C)(C)C)cc1-c1ccccc1)c1c(ccc4c1oc1ccccc14)B3N(c1ccc(C(C)(C)C)cc1)c1ccccc1-2. The number of para-hydroxylation sites is 2. The molecule has 8 aromatic carbocycles. The van der Waals surface area contributed by atoms with Gasteiger partial charge in [0.15, 0.2) is 5.58 Å². The average molecular weight is 803 g/mol. The minimum absolute atomic E-state index is 0.0338. The molecule has 0 saturated carbocycles.